The molecule has 1 aromatic carbocycles. The third-order valence-corrected chi connectivity index (χ3v) is 2.78. The van der Waals surface area contributed by atoms with E-state index >= 15 is 0 Å². The van der Waals surface area contributed by atoms with Crippen molar-refractivity contribution < 1.29 is 23.8 Å². The zero-order valence-electron chi connectivity index (χ0n) is 11.5. The van der Waals surface area contributed by atoms with Crippen molar-refractivity contribution in [1.29, 1.82) is 0 Å². The van der Waals surface area contributed by atoms with Crippen LogP contribution in [-0.2, 0) is 14.3 Å². The quantitative estimate of drug-likeness (QED) is 0.497. The van der Waals surface area contributed by atoms with E-state index in [0.29, 0.717) is 5.56 Å². The van der Waals surface area contributed by atoms with Crippen molar-refractivity contribution in [3.8, 4) is 0 Å². The Hall–Kier alpha value is -2.65. The largest absolute Gasteiger partial charge is 0.481 e. The van der Waals surface area contributed by atoms with Gasteiger partial charge in [-0.1, -0.05) is 18.7 Å². The summed E-state index contributed by atoms with van der Waals surface area (Å²) in [5, 5.41) is 9.26. The number of carboxylic acid groups (broad SMARTS) is 1. The van der Waals surface area contributed by atoms with Crippen LogP contribution in [0.15, 0.2) is 48.2 Å². The second kappa shape index (κ2) is 7.82. The van der Waals surface area contributed by atoms with Crippen molar-refractivity contribution in [3.05, 3.63) is 59.6 Å². The third-order valence-electron chi connectivity index (χ3n) is 2.78. The highest BCUT2D eigenvalue weighted by molar-refractivity contribution is 5.99. The molecule has 0 heterocycles. The van der Waals surface area contributed by atoms with Crippen molar-refractivity contribution in [3.63, 3.8) is 0 Å². The van der Waals surface area contributed by atoms with E-state index < -0.39 is 23.7 Å². The minimum atomic E-state index is -1.17. The predicted octanol–water partition coefficient (Wildman–Crippen LogP) is 2.81. The molecule has 1 atom stereocenters. The second-order valence-corrected chi connectivity index (χ2v) is 4.18. The lowest BCUT2D eigenvalue weighted by Crippen LogP contribution is -2.22. The van der Waals surface area contributed by atoms with Crippen LogP contribution in [-0.4, -0.2) is 24.2 Å². The monoisotopic (exact) mass is 290 g/mol. The van der Waals surface area contributed by atoms with Gasteiger partial charge in [0, 0.05) is 0 Å². The molecule has 0 aliphatic heterocycles. The Morgan fingerprint density at radius 1 is 1.43 bits per heavy atom. The fraction of sp³-hybridized carbons (Fsp3) is 0.188. The lowest BCUT2D eigenvalue weighted by atomic mass is 9.93. The topological polar surface area (TPSA) is 63.6 Å². The smallest absolute Gasteiger partial charge is 0.334 e. The lowest BCUT2D eigenvalue weighted by molar-refractivity contribution is -0.144. The van der Waals surface area contributed by atoms with E-state index in [4.69, 9.17) is 0 Å². The van der Waals surface area contributed by atoms with Crippen molar-refractivity contribution in [1.82, 2.24) is 0 Å². The van der Waals surface area contributed by atoms with Crippen LogP contribution in [0.4, 0.5) is 4.39 Å². The average Bonchev–Trinajstić information content (AvgIpc) is 2.47. The summed E-state index contributed by atoms with van der Waals surface area (Å²) in [6.45, 7) is 3.36. The van der Waals surface area contributed by atoms with E-state index in [2.05, 4.69) is 17.0 Å². The fourth-order valence-corrected chi connectivity index (χ4v) is 1.72. The molecule has 0 saturated heterocycles. The van der Waals surface area contributed by atoms with E-state index in [9.17, 15) is 19.1 Å². The minimum absolute atomic E-state index is 0.0249. The van der Waals surface area contributed by atoms with E-state index in [-0.39, 0.29) is 12.0 Å². The molecule has 0 saturated carbocycles. The maximum Gasteiger partial charge on any atom is 0.334 e. The Labute approximate surface area is 121 Å². The summed E-state index contributed by atoms with van der Waals surface area (Å²) >= 11 is 0. The number of hydrogen-bond donors (Lipinski definition) is 1. The number of rotatable bonds is 6. The van der Waals surface area contributed by atoms with Crippen LogP contribution in [0.25, 0.3) is 6.08 Å². The molecule has 1 aromatic rings. The molecule has 0 bridgehead atoms. The predicted molar refractivity (Wildman–Crippen MR) is 75.8 cm³/mol. The molecule has 21 heavy (non-hydrogen) atoms. The van der Waals surface area contributed by atoms with Gasteiger partial charge in [0.2, 0.25) is 0 Å². The summed E-state index contributed by atoms with van der Waals surface area (Å²) in [5.74, 6) is -3.42. The Balaban J connectivity index is 3.25. The number of allylic oxidation sites excluding steroid dienone is 1. The van der Waals surface area contributed by atoms with E-state index in [1.807, 2.05) is 0 Å². The zero-order chi connectivity index (χ0) is 15.8. The van der Waals surface area contributed by atoms with Gasteiger partial charge in [-0.15, -0.1) is 5.73 Å². The molecule has 1 rings (SSSR count). The van der Waals surface area contributed by atoms with Crippen molar-refractivity contribution >= 4 is 18.0 Å². The summed E-state index contributed by atoms with van der Waals surface area (Å²) in [5.41, 5.74) is 2.95. The molecular formula is C16H15FO4. The molecule has 0 spiro atoms. The number of ether oxygens (including phenoxy) is 1. The number of benzene rings is 1. The molecule has 0 amide bonds. The molecule has 0 fully saturated rings. The first-order valence-corrected chi connectivity index (χ1v) is 6.12. The number of carbonyl (C=O) groups is 2. The van der Waals surface area contributed by atoms with E-state index in [1.54, 1.807) is 0 Å². The van der Waals surface area contributed by atoms with Gasteiger partial charge in [-0.2, -0.15) is 0 Å². The van der Waals surface area contributed by atoms with Crippen LogP contribution in [0.1, 0.15) is 12.0 Å². The first-order valence-electron chi connectivity index (χ1n) is 6.12. The first kappa shape index (κ1) is 16.4. The average molecular weight is 290 g/mol. The maximum absolute atomic E-state index is 12.9. The molecular weight excluding hydrogens is 275 g/mol. The van der Waals surface area contributed by atoms with Crippen LogP contribution in [0.2, 0.25) is 0 Å². The van der Waals surface area contributed by atoms with Gasteiger partial charge in [0.25, 0.3) is 0 Å². The minimum Gasteiger partial charge on any atom is -0.481 e. The van der Waals surface area contributed by atoms with Crippen LogP contribution < -0.4 is 0 Å². The third kappa shape index (κ3) is 4.75. The normalized spacial score (nSPS) is 12.2. The number of methoxy groups -OCH3 is 1. The van der Waals surface area contributed by atoms with Gasteiger partial charge >= 0.3 is 11.9 Å². The van der Waals surface area contributed by atoms with Crippen LogP contribution in [0.5, 0.6) is 0 Å². The molecule has 4 nitrogen and oxygen atoms in total. The highest BCUT2D eigenvalue weighted by Crippen LogP contribution is 2.21. The zero-order valence-corrected chi connectivity index (χ0v) is 11.5. The molecule has 0 radical (unpaired) electrons. The first-order chi connectivity index (χ1) is 9.99. The van der Waals surface area contributed by atoms with Crippen LogP contribution >= 0.6 is 0 Å². The molecule has 0 aliphatic carbocycles. The molecule has 0 aliphatic rings. The lowest BCUT2D eigenvalue weighted by Gasteiger charge is -2.13. The number of esters is 1. The van der Waals surface area contributed by atoms with Crippen LogP contribution in [0.3, 0.4) is 0 Å². The second-order valence-electron chi connectivity index (χ2n) is 4.18. The molecule has 110 valence electrons. The van der Waals surface area contributed by atoms with E-state index in [0.717, 1.165) is 0 Å². The number of halogens is 1. The van der Waals surface area contributed by atoms with Gasteiger partial charge in [0.15, 0.2) is 0 Å². The van der Waals surface area contributed by atoms with Crippen molar-refractivity contribution in [2.24, 2.45) is 5.92 Å². The maximum atomic E-state index is 12.9. The Morgan fingerprint density at radius 2 is 2.05 bits per heavy atom. The summed E-state index contributed by atoms with van der Waals surface area (Å²) in [7, 11) is 1.17. The van der Waals surface area contributed by atoms with Gasteiger partial charge in [0.05, 0.1) is 18.6 Å². The van der Waals surface area contributed by atoms with Gasteiger partial charge in [-0.05, 0) is 36.3 Å². The number of carboxylic acids is 1. The number of hydrogen-bond acceptors (Lipinski definition) is 3. The van der Waals surface area contributed by atoms with E-state index in [1.165, 1.54) is 43.5 Å². The highest BCUT2D eigenvalue weighted by Gasteiger charge is 2.27. The summed E-state index contributed by atoms with van der Waals surface area (Å²) in [6.07, 6.45) is 2.86. The Kier molecular flexibility index (Phi) is 6.11. The molecule has 1 unspecified atom stereocenters. The van der Waals surface area contributed by atoms with Crippen molar-refractivity contribution in [2.45, 2.75) is 6.42 Å². The van der Waals surface area contributed by atoms with Gasteiger partial charge in [-0.25, -0.2) is 9.18 Å². The van der Waals surface area contributed by atoms with Gasteiger partial charge in [0.1, 0.15) is 5.82 Å². The molecule has 1 N–H and O–H groups in total. The summed E-state index contributed by atoms with van der Waals surface area (Å²) in [6, 6.07) is 5.33. The van der Waals surface area contributed by atoms with Gasteiger partial charge in [-0.3, -0.25) is 4.79 Å². The molecule has 5 heteroatoms. The Morgan fingerprint density at radius 3 is 2.52 bits per heavy atom. The fourth-order valence-electron chi connectivity index (χ4n) is 1.72. The van der Waals surface area contributed by atoms with Gasteiger partial charge < -0.3 is 9.84 Å². The Bertz CT molecular complexity index is 595. The molecule has 0 aromatic heterocycles. The standard InChI is InChI=1S/C16H15FO4/c1-3-4-5-13(15(18)19)14(16(20)21-2)10-11-6-8-12(17)9-7-11/h4,6-10,13H,1,5H2,2H3,(H,18,19)/b14-10-. The summed E-state index contributed by atoms with van der Waals surface area (Å²) in [4.78, 5) is 23.1. The SMILES string of the molecule is C=C=CCC(C(=O)O)/C(=C/c1ccc(F)cc1)C(=O)OC. The summed E-state index contributed by atoms with van der Waals surface area (Å²) < 4.78 is 17.5. The highest BCUT2D eigenvalue weighted by atomic mass is 19.1. The van der Waals surface area contributed by atoms with Crippen LogP contribution in [0, 0.1) is 11.7 Å². The van der Waals surface area contributed by atoms with Crippen molar-refractivity contribution in [2.75, 3.05) is 7.11 Å². The number of aliphatic carboxylic acids is 1. The number of carbonyl (C=O) groups excluding carboxylic acids is 1.